The van der Waals surface area contributed by atoms with Crippen molar-refractivity contribution in [2.45, 2.75) is 31.7 Å². The van der Waals surface area contributed by atoms with Gasteiger partial charge in [-0.15, -0.1) is 0 Å². The van der Waals surface area contributed by atoms with E-state index in [0.29, 0.717) is 5.92 Å². The molecule has 0 radical (unpaired) electrons. The van der Waals surface area contributed by atoms with Crippen LogP contribution in [0.2, 0.25) is 0 Å². The van der Waals surface area contributed by atoms with Crippen molar-refractivity contribution < 1.29 is 14.7 Å². The second-order valence-corrected chi connectivity index (χ2v) is 5.19. The summed E-state index contributed by atoms with van der Waals surface area (Å²) in [6.45, 7) is 1.54. The van der Waals surface area contributed by atoms with Crippen LogP contribution in [0.15, 0.2) is 30.3 Å². The number of benzene rings is 1. The lowest BCUT2D eigenvalue weighted by atomic mass is 9.92. The zero-order valence-corrected chi connectivity index (χ0v) is 11.2. The molecular formula is C15H19NO3. The third-order valence-corrected chi connectivity index (χ3v) is 3.80. The van der Waals surface area contributed by atoms with Crippen LogP contribution in [0, 0.1) is 5.92 Å². The van der Waals surface area contributed by atoms with Crippen LogP contribution in [0.25, 0.3) is 0 Å². The average Bonchev–Trinajstić information content (AvgIpc) is 3.23. The average molecular weight is 261 g/mol. The maximum absolute atomic E-state index is 12.5. The molecule has 102 valence electrons. The highest BCUT2D eigenvalue weighted by molar-refractivity contribution is 5.88. The molecule has 0 saturated heterocycles. The minimum Gasteiger partial charge on any atom is -0.480 e. The first-order chi connectivity index (χ1) is 9.02. The second-order valence-electron chi connectivity index (χ2n) is 5.19. The summed E-state index contributed by atoms with van der Waals surface area (Å²) in [5, 5.41) is 9.01. The van der Waals surface area contributed by atoms with Gasteiger partial charge in [-0.2, -0.15) is 0 Å². The molecule has 0 heterocycles. The SMILES string of the molecule is CC(C(=O)O)N(C)C(=O)C(c1ccccc1)C1CC1. The lowest BCUT2D eigenvalue weighted by molar-refractivity contribution is -0.149. The normalized spacial score (nSPS) is 17.6. The molecule has 19 heavy (non-hydrogen) atoms. The van der Waals surface area contributed by atoms with E-state index in [9.17, 15) is 9.59 Å². The number of hydrogen-bond acceptors (Lipinski definition) is 2. The third kappa shape index (κ3) is 2.95. The Morgan fingerprint density at radius 2 is 1.84 bits per heavy atom. The van der Waals surface area contributed by atoms with Gasteiger partial charge in [0.05, 0.1) is 5.92 Å². The lowest BCUT2D eigenvalue weighted by Crippen LogP contribution is -2.43. The van der Waals surface area contributed by atoms with Crippen molar-refractivity contribution in [1.29, 1.82) is 0 Å². The van der Waals surface area contributed by atoms with Crippen molar-refractivity contribution in [3.63, 3.8) is 0 Å². The number of likely N-dealkylation sites (N-methyl/N-ethyl adjacent to an activating group) is 1. The van der Waals surface area contributed by atoms with Gasteiger partial charge in [0.25, 0.3) is 0 Å². The van der Waals surface area contributed by atoms with Crippen molar-refractivity contribution in [3.05, 3.63) is 35.9 Å². The van der Waals surface area contributed by atoms with Crippen LogP contribution in [0.1, 0.15) is 31.2 Å². The van der Waals surface area contributed by atoms with Gasteiger partial charge in [0, 0.05) is 7.05 Å². The molecule has 0 spiro atoms. The van der Waals surface area contributed by atoms with Crippen molar-refractivity contribution in [2.24, 2.45) is 5.92 Å². The summed E-state index contributed by atoms with van der Waals surface area (Å²) in [4.78, 5) is 24.9. The molecule has 4 heteroatoms. The third-order valence-electron chi connectivity index (χ3n) is 3.80. The Bertz CT molecular complexity index is 468. The van der Waals surface area contributed by atoms with Gasteiger partial charge in [-0.05, 0) is 31.2 Å². The van der Waals surface area contributed by atoms with Crippen LogP contribution in [0.3, 0.4) is 0 Å². The van der Waals surface area contributed by atoms with Crippen LogP contribution in [0.5, 0.6) is 0 Å². The number of hydrogen-bond donors (Lipinski definition) is 1. The van der Waals surface area contributed by atoms with Gasteiger partial charge in [-0.3, -0.25) is 4.79 Å². The van der Waals surface area contributed by atoms with Crippen molar-refractivity contribution >= 4 is 11.9 Å². The fourth-order valence-electron chi connectivity index (χ4n) is 2.28. The summed E-state index contributed by atoms with van der Waals surface area (Å²) in [6, 6.07) is 8.84. The number of carboxylic acid groups (broad SMARTS) is 1. The molecule has 1 saturated carbocycles. The van der Waals surface area contributed by atoms with E-state index < -0.39 is 12.0 Å². The van der Waals surface area contributed by atoms with E-state index in [1.54, 1.807) is 7.05 Å². The van der Waals surface area contributed by atoms with E-state index in [2.05, 4.69) is 0 Å². The molecule has 4 nitrogen and oxygen atoms in total. The molecule has 0 aliphatic heterocycles. The van der Waals surface area contributed by atoms with Crippen LogP contribution in [0.4, 0.5) is 0 Å². The van der Waals surface area contributed by atoms with Crippen molar-refractivity contribution in [2.75, 3.05) is 7.05 Å². The number of rotatable bonds is 5. The van der Waals surface area contributed by atoms with Gasteiger partial charge in [-0.1, -0.05) is 30.3 Å². The molecule has 2 atom stereocenters. The molecule has 2 unspecified atom stereocenters. The highest BCUT2D eigenvalue weighted by atomic mass is 16.4. The summed E-state index contributed by atoms with van der Waals surface area (Å²) >= 11 is 0. The van der Waals surface area contributed by atoms with Gasteiger partial charge in [0.1, 0.15) is 6.04 Å². The van der Waals surface area contributed by atoms with E-state index in [4.69, 9.17) is 5.11 Å². The predicted molar refractivity (Wildman–Crippen MR) is 71.8 cm³/mol. The van der Waals surface area contributed by atoms with Gasteiger partial charge in [-0.25, -0.2) is 4.79 Å². The fraction of sp³-hybridized carbons (Fsp3) is 0.467. The minimum atomic E-state index is -0.974. The number of carboxylic acids is 1. The predicted octanol–water partition coefficient (Wildman–Crippen LogP) is 2.11. The number of amides is 1. The summed E-state index contributed by atoms with van der Waals surface area (Å²) in [7, 11) is 1.57. The van der Waals surface area contributed by atoms with Crippen LogP contribution < -0.4 is 0 Å². The highest BCUT2D eigenvalue weighted by Gasteiger charge is 2.40. The van der Waals surface area contributed by atoms with Gasteiger partial charge >= 0.3 is 5.97 Å². The Hall–Kier alpha value is -1.84. The summed E-state index contributed by atoms with van der Waals surface area (Å²) in [5.74, 6) is -0.909. The molecule has 1 fully saturated rings. The summed E-state index contributed by atoms with van der Waals surface area (Å²) in [5.41, 5.74) is 0.986. The topological polar surface area (TPSA) is 57.6 Å². The molecular weight excluding hydrogens is 242 g/mol. The monoisotopic (exact) mass is 261 g/mol. The first-order valence-electron chi connectivity index (χ1n) is 6.56. The molecule has 0 bridgehead atoms. The first-order valence-corrected chi connectivity index (χ1v) is 6.56. The fourth-order valence-corrected chi connectivity index (χ4v) is 2.28. The Labute approximate surface area is 113 Å². The van der Waals surface area contributed by atoms with Gasteiger partial charge in [0.2, 0.25) is 5.91 Å². The Kier molecular flexibility index (Phi) is 3.88. The van der Waals surface area contributed by atoms with E-state index in [0.717, 1.165) is 18.4 Å². The maximum atomic E-state index is 12.5. The Balaban J connectivity index is 2.20. The largest absolute Gasteiger partial charge is 0.480 e. The van der Waals surface area contributed by atoms with E-state index in [1.165, 1.54) is 11.8 Å². The van der Waals surface area contributed by atoms with Gasteiger partial charge in [0.15, 0.2) is 0 Å². The molecule has 1 aromatic rings. The molecule has 1 aliphatic rings. The van der Waals surface area contributed by atoms with Crippen LogP contribution >= 0.6 is 0 Å². The van der Waals surface area contributed by atoms with Crippen molar-refractivity contribution in [1.82, 2.24) is 4.90 Å². The first kappa shape index (κ1) is 13.6. The molecule has 1 amide bonds. The summed E-state index contributed by atoms with van der Waals surface area (Å²) in [6.07, 6.45) is 2.08. The minimum absolute atomic E-state index is 0.0939. The lowest BCUT2D eigenvalue weighted by Gasteiger charge is -2.27. The smallest absolute Gasteiger partial charge is 0.326 e. The molecule has 1 aromatic carbocycles. The Morgan fingerprint density at radius 3 is 2.32 bits per heavy atom. The van der Waals surface area contributed by atoms with Crippen LogP contribution in [-0.4, -0.2) is 35.0 Å². The zero-order valence-electron chi connectivity index (χ0n) is 11.2. The number of carbonyl (C=O) groups is 2. The van der Waals surface area contributed by atoms with E-state index in [1.807, 2.05) is 30.3 Å². The highest BCUT2D eigenvalue weighted by Crippen LogP contribution is 2.43. The maximum Gasteiger partial charge on any atom is 0.326 e. The van der Waals surface area contributed by atoms with Gasteiger partial charge < -0.3 is 10.0 Å². The number of nitrogens with zero attached hydrogens (tertiary/aromatic N) is 1. The standard InChI is InChI=1S/C15H19NO3/c1-10(15(18)19)16(2)14(17)13(12-8-9-12)11-6-4-3-5-7-11/h3-7,10,12-13H,8-9H2,1-2H3,(H,18,19). The molecule has 0 aromatic heterocycles. The van der Waals surface area contributed by atoms with Crippen molar-refractivity contribution in [3.8, 4) is 0 Å². The quantitative estimate of drug-likeness (QED) is 0.883. The zero-order chi connectivity index (χ0) is 14.0. The molecule has 1 N–H and O–H groups in total. The van der Waals surface area contributed by atoms with E-state index >= 15 is 0 Å². The molecule has 2 rings (SSSR count). The Morgan fingerprint density at radius 1 is 1.26 bits per heavy atom. The second kappa shape index (κ2) is 5.43. The van der Waals surface area contributed by atoms with E-state index in [-0.39, 0.29) is 11.8 Å². The molecule has 1 aliphatic carbocycles. The van der Waals surface area contributed by atoms with Crippen LogP contribution in [-0.2, 0) is 9.59 Å². The summed E-state index contributed by atoms with van der Waals surface area (Å²) < 4.78 is 0. The number of carbonyl (C=O) groups excluding carboxylic acids is 1. The number of aliphatic carboxylic acids is 1.